The average molecular weight is 320 g/mol. The Morgan fingerprint density at radius 2 is 1.89 bits per heavy atom. The minimum absolute atomic E-state index is 0.0318. The van der Waals surface area contributed by atoms with Crippen LogP contribution in [-0.4, -0.2) is 12.9 Å². The zero-order valence-electron chi connectivity index (χ0n) is 10.5. The first-order valence-corrected chi connectivity index (χ1v) is 6.62. The predicted molar refractivity (Wildman–Crippen MR) is 78.5 cm³/mol. The van der Waals surface area contributed by atoms with Gasteiger partial charge in [-0.05, 0) is 48.0 Å². The fourth-order valence-corrected chi connectivity index (χ4v) is 2.26. The van der Waals surface area contributed by atoms with Gasteiger partial charge < -0.3 is 10.5 Å². The third-order valence-electron chi connectivity index (χ3n) is 2.88. The van der Waals surface area contributed by atoms with Gasteiger partial charge in [0, 0.05) is 22.1 Å². The minimum Gasteiger partial charge on any atom is -0.497 e. The Hall–Kier alpha value is -1.65. The van der Waals surface area contributed by atoms with Crippen molar-refractivity contribution in [3.8, 4) is 5.75 Å². The highest BCUT2D eigenvalue weighted by atomic mass is 79.9. The number of halogens is 1. The van der Waals surface area contributed by atoms with Crippen LogP contribution in [0.25, 0.3) is 0 Å². The van der Waals surface area contributed by atoms with E-state index in [1.54, 1.807) is 37.4 Å². The summed E-state index contributed by atoms with van der Waals surface area (Å²) in [6.07, 6.45) is 0. The van der Waals surface area contributed by atoms with E-state index in [0.717, 1.165) is 15.8 Å². The van der Waals surface area contributed by atoms with E-state index >= 15 is 0 Å². The van der Waals surface area contributed by atoms with Crippen molar-refractivity contribution in [1.29, 1.82) is 0 Å². The van der Waals surface area contributed by atoms with Gasteiger partial charge in [0.2, 0.25) is 0 Å². The molecule has 0 unspecified atom stereocenters. The quantitative estimate of drug-likeness (QED) is 0.881. The number of rotatable bonds is 4. The van der Waals surface area contributed by atoms with E-state index < -0.39 is 0 Å². The number of carbonyl (C=O) groups excluding carboxylic acids is 1. The van der Waals surface area contributed by atoms with E-state index in [2.05, 4.69) is 15.9 Å². The molecular formula is C15H14BrNO2. The topological polar surface area (TPSA) is 52.3 Å². The molecule has 4 heteroatoms. The molecular weight excluding hydrogens is 306 g/mol. The first kappa shape index (κ1) is 13.8. The number of ether oxygens (including phenoxy) is 1. The monoisotopic (exact) mass is 319 g/mol. The van der Waals surface area contributed by atoms with Crippen LogP contribution in [0.1, 0.15) is 21.5 Å². The minimum atomic E-state index is -0.0318. The summed E-state index contributed by atoms with van der Waals surface area (Å²) in [7, 11) is 1.60. The molecule has 3 nitrogen and oxygen atoms in total. The SMILES string of the molecule is COc1ccc(C(=O)c2ccc(Br)cc2CN)cc1. The number of hydrogen-bond acceptors (Lipinski definition) is 3. The zero-order chi connectivity index (χ0) is 13.8. The number of benzene rings is 2. The Morgan fingerprint density at radius 1 is 1.21 bits per heavy atom. The number of nitrogens with two attached hydrogens (primary N) is 1. The number of methoxy groups -OCH3 is 1. The molecule has 0 aliphatic carbocycles. The summed E-state index contributed by atoms with van der Waals surface area (Å²) in [5.41, 5.74) is 7.77. The molecule has 0 spiro atoms. The molecule has 0 aromatic heterocycles. The van der Waals surface area contributed by atoms with E-state index in [1.807, 2.05) is 12.1 Å². The second-order valence-corrected chi connectivity index (χ2v) is 4.98. The van der Waals surface area contributed by atoms with Crippen molar-refractivity contribution in [2.24, 2.45) is 5.73 Å². The first-order valence-electron chi connectivity index (χ1n) is 5.83. The van der Waals surface area contributed by atoms with Crippen LogP contribution in [0.2, 0.25) is 0 Å². The Morgan fingerprint density at radius 3 is 2.47 bits per heavy atom. The number of hydrogen-bond donors (Lipinski definition) is 1. The maximum Gasteiger partial charge on any atom is 0.193 e. The molecule has 0 heterocycles. The molecule has 2 aromatic carbocycles. The summed E-state index contributed by atoms with van der Waals surface area (Å²) in [5.74, 6) is 0.696. The highest BCUT2D eigenvalue weighted by Gasteiger charge is 2.13. The van der Waals surface area contributed by atoms with E-state index in [4.69, 9.17) is 10.5 Å². The summed E-state index contributed by atoms with van der Waals surface area (Å²) in [4.78, 5) is 12.4. The van der Waals surface area contributed by atoms with E-state index in [9.17, 15) is 4.79 Å². The van der Waals surface area contributed by atoms with Gasteiger partial charge in [-0.25, -0.2) is 0 Å². The molecule has 0 aliphatic heterocycles. The summed E-state index contributed by atoms with van der Waals surface area (Å²) in [5, 5.41) is 0. The Balaban J connectivity index is 2.37. The van der Waals surface area contributed by atoms with Gasteiger partial charge >= 0.3 is 0 Å². The largest absolute Gasteiger partial charge is 0.497 e. The lowest BCUT2D eigenvalue weighted by Gasteiger charge is -2.08. The molecule has 0 saturated heterocycles. The normalized spacial score (nSPS) is 10.3. The van der Waals surface area contributed by atoms with E-state index in [0.29, 0.717) is 17.7 Å². The van der Waals surface area contributed by atoms with Crippen molar-refractivity contribution in [3.05, 3.63) is 63.6 Å². The Labute approximate surface area is 120 Å². The third kappa shape index (κ3) is 3.03. The highest BCUT2D eigenvalue weighted by molar-refractivity contribution is 9.10. The lowest BCUT2D eigenvalue weighted by atomic mass is 9.98. The maximum absolute atomic E-state index is 12.4. The van der Waals surface area contributed by atoms with Crippen molar-refractivity contribution >= 4 is 21.7 Å². The average Bonchev–Trinajstić information content (AvgIpc) is 2.46. The van der Waals surface area contributed by atoms with Crippen molar-refractivity contribution in [2.45, 2.75) is 6.54 Å². The van der Waals surface area contributed by atoms with Crippen LogP contribution >= 0.6 is 15.9 Å². The third-order valence-corrected chi connectivity index (χ3v) is 3.38. The molecule has 2 N–H and O–H groups in total. The molecule has 0 amide bonds. The molecule has 0 radical (unpaired) electrons. The van der Waals surface area contributed by atoms with Gasteiger partial charge in [-0.1, -0.05) is 15.9 Å². The van der Waals surface area contributed by atoms with Crippen molar-refractivity contribution in [2.75, 3.05) is 7.11 Å². The van der Waals surface area contributed by atoms with Crippen LogP contribution in [-0.2, 0) is 6.54 Å². The van der Waals surface area contributed by atoms with Crippen LogP contribution < -0.4 is 10.5 Å². The molecule has 2 aromatic rings. The van der Waals surface area contributed by atoms with Gasteiger partial charge in [0.25, 0.3) is 0 Å². The predicted octanol–water partition coefficient (Wildman–Crippen LogP) is 3.15. The second-order valence-electron chi connectivity index (χ2n) is 4.06. The number of carbonyl (C=O) groups is 1. The van der Waals surface area contributed by atoms with E-state index in [1.165, 1.54) is 0 Å². The highest BCUT2D eigenvalue weighted by Crippen LogP contribution is 2.20. The molecule has 0 bridgehead atoms. The number of ketones is 1. The van der Waals surface area contributed by atoms with Gasteiger partial charge in [0.15, 0.2) is 5.78 Å². The van der Waals surface area contributed by atoms with Gasteiger partial charge in [-0.15, -0.1) is 0 Å². The fourth-order valence-electron chi connectivity index (χ4n) is 1.85. The van der Waals surface area contributed by atoms with Gasteiger partial charge in [0.1, 0.15) is 5.75 Å². The van der Waals surface area contributed by atoms with Gasteiger partial charge in [0.05, 0.1) is 7.11 Å². The van der Waals surface area contributed by atoms with Gasteiger partial charge in [-0.3, -0.25) is 4.79 Å². The van der Waals surface area contributed by atoms with Crippen LogP contribution in [0.15, 0.2) is 46.9 Å². The van der Waals surface area contributed by atoms with Crippen LogP contribution in [0.3, 0.4) is 0 Å². The van der Waals surface area contributed by atoms with Crippen LogP contribution in [0.5, 0.6) is 5.75 Å². The fraction of sp³-hybridized carbons (Fsp3) is 0.133. The molecule has 0 aliphatic rings. The lowest BCUT2D eigenvalue weighted by Crippen LogP contribution is -2.08. The molecule has 0 fully saturated rings. The van der Waals surface area contributed by atoms with Crippen molar-refractivity contribution < 1.29 is 9.53 Å². The second kappa shape index (κ2) is 5.99. The molecule has 19 heavy (non-hydrogen) atoms. The first-order chi connectivity index (χ1) is 9.15. The standard InChI is InChI=1S/C15H14BrNO2/c1-19-13-5-2-10(3-6-13)15(18)14-7-4-12(16)8-11(14)9-17/h2-8H,9,17H2,1H3. The summed E-state index contributed by atoms with van der Waals surface area (Å²) >= 11 is 3.38. The summed E-state index contributed by atoms with van der Waals surface area (Å²) in [6.45, 7) is 0.330. The Kier molecular flexibility index (Phi) is 4.35. The summed E-state index contributed by atoms with van der Waals surface area (Å²) in [6, 6.07) is 12.6. The maximum atomic E-state index is 12.4. The van der Waals surface area contributed by atoms with Crippen molar-refractivity contribution in [3.63, 3.8) is 0 Å². The van der Waals surface area contributed by atoms with Crippen LogP contribution in [0.4, 0.5) is 0 Å². The molecule has 2 rings (SSSR count). The summed E-state index contributed by atoms with van der Waals surface area (Å²) < 4.78 is 5.99. The molecule has 0 saturated carbocycles. The van der Waals surface area contributed by atoms with Gasteiger partial charge in [-0.2, -0.15) is 0 Å². The van der Waals surface area contributed by atoms with Crippen molar-refractivity contribution in [1.82, 2.24) is 0 Å². The smallest absolute Gasteiger partial charge is 0.193 e. The van der Waals surface area contributed by atoms with E-state index in [-0.39, 0.29) is 5.78 Å². The molecule has 98 valence electrons. The molecule has 0 atom stereocenters. The zero-order valence-corrected chi connectivity index (χ0v) is 12.1. The lowest BCUT2D eigenvalue weighted by molar-refractivity contribution is 0.103. The van der Waals surface area contributed by atoms with Crippen LogP contribution in [0, 0.1) is 0 Å². The Bertz CT molecular complexity index is 594.